The van der Waals surface area contributed by atoms with Crippen LogP contribution < -0.4 is 4.72 Å². The molecule has 9 heteroatoms. The van der Waals surface area contributed by atoms with E-state index in [1.807, 2.05) is 0 Å². The van der Waals surface area contributed by atoms with Gasteiger partial charge in [0.05, 0.1) is 10.7 Å². The lowest BCUT2D eigenvalue weighted by Gasteiger charge is -2.07. The highest BCUT2D eigenvalue weighted by Crippen LogP contribution is 2.29. The molecule has 0 bridgehead atoms. The van der Waals surface area contributed by atoms with Gasteiger partial charge < -0.3 is 0 Å². The zero-order valence-corrected chi connectivity index (χ0v) is 9.42. The Balaban J connectivity index is 3.39. The number of benzene rings is 1. The molecule has 6 nitrogen and oxygen atoms in total. The molecule has 0 heterocycles. The lowest BCUT2D eigenvalue weighted by atomic mass is 10.2. The maximum atomic E-state index is 13.3. The number of nitro benzene ring substituents is 1. The van der Waals surface area contributed by atoms with Gasteiger partial charge in [0.25, 0.3) is 5.69 Å². The number of hydrogen-bond acceptors (Lipinski definition) is 4. The van der Waals surface area contributed by atoms with E-state index < -0.39 is 43.7 Å². The zero-order chi connectivity index (χ0) is 13.2. The first-order valence-electron chi connectivity index (χ1n) is 4.41. The number of nitrogens with zero attached hydrogens (tertiary/aromatic N) is 1. The molecular weight excluding hydrogens is 258 g/mol. The van der Waals surface area contributed by atoms with E-state index >= 15 is 0 Å². The third-order valence-electron chi connectivity index (χ3n) is 1.91. The molecule has 0 unspecified atom stereocenters. The fourth-order valence-corrected chi connectivity index (χ4v) is 1.67. The van der Waals surface area contributed by atoms with E-state index in [9.17, 15) is 27.3 Å². The predicted molar refractivity (Wildman–Crippen MR) is 56.1 cm³/mol. The van der Waals surface area contributed by atoms with Gasteiger partial charge in [-0.1, -0.05) is 0 Å². The van der Waals surface area contributed by atoms with Crippen molar-refractivity contribution in [2.45, 2.75) is 6.92 Å². The van der Waals surface area contributed by atoms with Crippen LogP contribution in [0.2, 0.25) is 0 Å². The Morgan fingerprint density at radius 1 is 1.41 bits per heavy atom. The Labute approximate surface area is 95.5 Å². The Bertz CT molecular complexity index is 559. The fraction of sp³-hybridized carbons (Fsp3) is 0.250. The molecule has 0 fully saturated rings. The molecule has 1 N–H and O–H groups in total. The largest absolute Gasteiger partial charge is 0.296 e. The molecule has 0 radical (unpaired) electrons. The maximum Gasteiger partial charge on any atom is 0.296 e. The SMILES string of the molecule is CCS(=O)(=O)Nc1c([N+](=O)[O-])ccc(F)c1F. The maximum absolute atomic E-state index is 13.3. The summed E-state index contributed by atoms with van der Waals surface area (Å²) in [7, 11) is -3.93. The smallest absolute Gasteiger partial charge is 0.274 e. The first kappa shape index (κ1) is 13.3. The van der Waals surface area contributed by atoms with Crippen molar-refractivity contribution >= 4 is 21.4 Å². The van der Waals surface area contributed by atoms with Gasteiger partial charge in [0.15, 0.2) is 17.3 Å². The van der Waals surface area contributed by atoms with Crippen LogP contribution in [-0.2, 0) is 10.0 Å². The molecule has 0 aliphatic heterocycles. The second-order valence-electron chi connectivity index (χ2n) is 3.02. The fourth-order valence-electron chi connectivity index (χ4n) is 1.02. The van der Waals surface area contributed by atoms with Crippen LogP contribution in [0, 0.1) is 21.7 Å². The van der Waals surface area contributed by atoms with Crippen molar-refractivity contribution in [1.29, 1.82) is 0 Å². The van der Waals surface area contributed by atoms with Gasteiger partial charge in [-0.15, -0.1) is 0 Å². The van der Waals surface area contributed by atoms with E-state index in [1.165, 1.54) is 6.92 Å². The van der Waals surface area contributed by atoms with Crippen LogP contribution >= 0.6 is 0 Å². The molecule has 0 aliphatic rings. The third-order valence-corrected chi connectivity index (χ3v) is 3.18. The van der Waals surface area contributed by atoms with Crippen molar-refractivity contribution < 1.29 is 22.1 Å². The van der Waals surface area contributed by atoms with Crippen LogP contribution in [-0.4, -0.2) is 19.1 Å². The van der Waals surface area contributed by atoms with Crippen LogP contribution in [0.3, 0.4) is 0 Å². The average Bonchev–Trinajstić information content (AvgIpc) is 2.24. The van der Waals surface area contributed by atoms with Crippen molar-refractivity contribution in [3.05, 3.63) is 33.9 Å². The number of anilines is 1. The van der Waals surface area contributed by atoms with E-state index in [1.54, 1.807) is 4.72 Å². The lowest BCUT2D eigenvalue weighted by Crippen LogP contribution is -2.17. The van der Waals surface area contributed by atoms with Gasteiger partial charge in [-0.05, 0) is 13.0 Å². The molecule has 94 valence electrons. The summed E-state index contributed by atoms with van der Waals surface area (Å²) in [6, 6.07) is 1.24. The van der Waals surface area contributed by atoms with E-state index in [2.05, 4.69) is 0 Å². The minimum Gasteiger partial charge on any atom is -0.274 e. The molecule has 0 aromatic heterocycles. The van der Waals surface area contributed by atoms with E-state index in [4.69, 9.17) is 0 Å². The summed E-state index contributed by atoms with van der Waals surface area (Å²) in [6.45, 7) is 1.26. The van der Waals surface area contributed by atoms with E-state index in [-0.39, 0.29) is 0 Å². The van der Waals surface area contributed by atoms with Crippen LogP contribution in [0.15, 0.2) is 12.1 Å². The van der Waals surface area contributed by atoms with Crippen molar-refractivity contribution in [1.82, 2.24) is 0 Å². The molecule has 0 saturated heterocycles. The minimum atomic E-state index is -3.93. The highest BCUT2D eigenvalue weighted by atomic mass is 32.2. The molecule has 0 spiro atoms. The van der Waals surface area contributed by atoms with Gasteiger partial charge >= 0.3 is 0 Å². The molecule has 1 aromatic rings. The highest BCUT2D eigenvalue weighted by molar-refractivity contribution is 7.92. The van der Waals surface area contributed by atoms with Crippen LogP contribution in [0.25, 0.3) is 0 Å². The average molecular weight is 266 g/mol. The summed E-state index contributed by atoms with van der Waals surface area (Å²) in [5.74, 6) is -3.39. The van der Waals surface area contributed by atoms with Crippen LogP contribution in [0.5, 0.6) is 0 Å². The Morgan fingerprint density at radius 2 is 2.00 bits per heavy atom. The van der Waals surface area contributed by atoms with E-state index in [0.29, 0.717) is 12.1 Å². The van der Waals surface area contributed by atoms with Gasteiger partial charge in [-0.25, -0.2) is 17.2 Å². The normalized spacial score (nSPS) is 11.2. The van der Waals surface area contributed by atoms with Gasteiger partial charge in [0.2, 0.25) is 10.0 Å². The quantitative estimate of drug-likeness (QED) is 0.662. The second-order valence-corrected chi connectivity index (χ2v) is 5.03. The summed E-state index contributed by atoms with van der Waals surface area (Å²) < 4.78 is 50.2. The van der Waals surface area contributed by atoms with Crippen LogP contribution in [0.1, 0.15) is 6.92 Å². The Kier molecular flexibility index (Phi) is 3.61. The lowest BCUT2D eigenvalue weighted by molar-refractivity contribution is -0.384. The van der Waals surface area contributed by atoms with Gasteiger partial charge in [0, 0.05) is 6.07 Å². The summed E-state index contributed by atoms with van der Waals surface area (Å²) in [5, 5.41) is 10.5. The first-order valence-corrected chi connectivity index (χ1v) is 6.06. The van der Waals surface area contributed by atoms with Crippen molar-refractivity contribution in [3.8, 4) is 0 Å². The predicted octanol–water partition coefficient (Wildman–Crippen LogP) is 1.63. The van der Waals surface area contributed by atoms with Crippen molar-refractivity contribution in [2.24, 2.45) is 0 Å². The summed E-state index contributed by atoms with van der Waals surface area (Å²) >= 11 is 0. The van der Waals surface area contributed by atoms with Gasteiger partial charge in [-0.2, -0.15) is 0 Å². The molecule has 0 aliphatic carbocycles. The van der Waals surface area contributed by atoms with Crippen molar-refractivity contribution in [3.63, 3.8) is 0 Å². The second kappa shape index (κ2) is 4.62. The van der Waals surface area contributed by atoms with E-state index in [0.717, 1.165) is 0 Å². The Hall–Kier alpha value is -1.77. The number of hydrogen-bond donors (Lipinski definition) is 1. The molecule has 0 atom stereocenters. The number of halogens is 2. The van der Waals surface area contributed by atoms with Gasteiger partial charge in [-0.3, -0.25) is 14.8 Å². The molecule has 0 amide bonds. The number of rotatable bonds is 4. The van der Waals surface area contributed by atoms with Gasteiger partial charge in [0.1, 0.15) is 0 Å². The summed E-state index contributed by atoms with van der Waals surface area (Å²) in [6.07, 6.45) is 0. The standard InChI is InChI=1S/C8H8F2N2O4S/c1-2-17(15,16)11-8-6(12(13)14)4-3-5(9)7(8)10/h3-4,11H,2H2,1H3. The number of nitrogens with one attached hydrogen (secondary N) is 1. The zero-order valence-electron chi connectivity index (χ0n) is 8.61. The monoisotopic (exact) mass is 266 g/mol. The number of sulfonamides is 1. The Morgan fingerprint density at radius 3 is 2.47 bits per heavy atom. The first-order chi connectivity index (χ1) is 7.78. The van der Waals surface area contributed by atoms with Crippen molar-refractivity contribution in [2.75, 3.05) is 10.5 Å². The molecule has 1 rings (SSSR count). The molecule has 1 aromatic carbocycles. The topological polar surface area (TPSA) is 89.3 Å². The minimum absolute atomic E-state index is 0.417. The molecule has 17 heavy (non-hydrogen) atoms. The highest BCUT2D eigenvalue weighted by Gasteiger charge is 2.24. The summed E-state index contributed by atoms with van der Waals surface area (Å²) in [4.78, 5) is 9.54. The summed E-state index contributed by atoms with van der Waals surface area (Å²) in [5.41, 5.74) is -1.84. The number of nitro groups is 1. The third kappa shape index (κ3) is 2.87. The molecular formula is C8H8F2N2O4S. The van der Waals surface area contributed by atoms with Crippen LogP contribution in [0.4, 0.5) is 20.2 Å². The molecule has 0 saturated carbocycles.